The molecule has 0 saturated carbocycles. The summed E-state index contributed by atoms with van der Waals surface area (Å²) in [4.78, 5) is 0. The summed E-state index contributed by atoms with van der Waals surface area (Å²) in [6.07, 6.45) is 4.32. The summed E-state index contributed by atoms with van der Waals surface area (Å²) in [6.45, 7) is 2.13. The maximum atomic E-state index is 2.16. The van der Waals surface area contributed by atoms with Crippen molar-refractivity contribution in [2.24, 2.45) is 0 Å². The van der Waals surface area contributed by atoms with E-state index in [-0.39, 0.29) is 0 Å². The quantitative estimate of drug-likeness (QED) is 0.680. The van der Waals surface area contributed by atoms with Gasteiger partial charge >= 0.3 is 0 Å². The van der Waals surface area contributed by atoms with Crippen LogP contribution in [-0.4, -0.2) is 0 Å². The Bertz CT molecular complexity index is 424. The summed E-state index contributed by atoms with van der Waals surface area (Å²) in [5, 5.41) is 4.24. The molecular weight excluding hydrogens is 188 g/mol. The first kappa shape index (κ1) is 9.22. The molecule has 0 aliphatic heterocycles. The largest absolute Gasteiger partial charge is 0.152 e. The Morgan fingerprint density at radius 2 is 1.93 bits per heavy atom. The molecule has 2 aromatic rings. The van der Waals surface area contributed by atoms with Crippen LogP contribution >= 0.6 is 11.3 Å². The van der Waals surface area contributed by atoms with Crippen molar-refractivity contribution in [3.63, 3.8) is 0 Å². The molecule has 0 radical (unpaired) electrons. The van der Waals surface area contributed by atoms with E-state index in [0.29, 0.717) is 0 Å². The average molecular weight is 200 g/mol. The van der Waals surface area contributed by atoms with E-state index < -0.39 is 0 Å². The van der Waals surface area contributed by atoms with Crippen LogP contribution < -0.4 is 0 Å². The van der Waals surface area contributed by atoms with Gasteiger partial charge in [-0.2, -0.15) is 11.3 Å². The van der Waals surface area contributed by atoms with E-state index in [9.17, 15) is 0 Å². The fraction of sp³-hybridized carbons (Fsp3) is 0.0769. The van der Waals surface area contributed by atoms with Gasteiger partial charge in [0, 0.05) is 0 Å². The van der Waals surface area contributed by atoms with Crippen LogP contribution in [0.5, 0.6) is 0 Å². The fourth-order valence-corrected chi connectivity index (χ4v) is 1.96. The Morgan fingerprint density at radius 3 is 2.64 bits per heavy atom. The number of hydrogen-bond donors (Lipinski definition) is 0. The molecule has 1 heterocycles. The van der Waals surface area contributed by atoms with Gasteiger partial charge in [0.1, 0.15) is 0 Å². The molecule has 0 aliphatic rings. The molecule has 0 atom stereocenters. The van der Waals surface area contributed by atoms with Crippen LogP contribution in [0.2, 0.25) is 0 Å². The van der Waals surface area contributed by atoms with Crippen molar-refractivity contribution in [3.8, 4) is 0 Å². The average Bonchev–Trinajstić information content (AvgIpc) is 2.69. The highest BCUT2D eigenvalue weighted by Gasteiger charge is 1.91. The number of thiophene rings is 1. The molecule has 0 aliphatic carbocycles. The first-order chi connectivity index (χ1) is 6.86. The van der Waals surface area contributed by atoms with Gasteiger partial charge in [0.15, 0.2) is 0 Å². The van der Waals surface area contributed by atoms with Crippen molar-refractivity contribution in [2.45, 2.75) is 6.92 Å². The maximum Gasteiger partial charge on any atom is -0.00208 e. The van der Waals surface area contributed by atoms with E-state index >= 15 is 0 Å². The fourth-order valence-electron chi connectivity index (χ4n) is 1.33. The van der Waals surface area contributed by atoms with Crippen LogP contribution in [0.1, 0.15) is 16.7 Å². The minimum absolute atomic E-state index is 1.28. The van der Waals surface area contributed by atoms with Gasteiger partial charge in [-0.25, -0.2) is 0 Å². The highest BCUT2D eigenvalue weighted by Crippen LogP contribution is 2.13. The number of hydrogen-bond acceptors (Lipinski definition) is 1. The molecule has 1 aromatic heterocycles. The van der Waals surface area contributed by atoms with Crippen molar-refractivity contribution >= 4 is 23.5 Å². The van der Waals surface area contributed by atoms with Crippen LogP contribution in [0.4, 0.5) is 0 Å². The molecule has 0 nitrogen and oxygen atoms in total. The van der Waals surface area contributed by atoms with Gasteiger partial charge in [0.05, 0.1) is 0 Å². The van der Waals surface area contributed by atoms with E-state index in [4.69, 9.17) is 0 Å². The normalized spacial score (nSPS) is 10.9. The second-order valence-corrected chi connectivity index (χ2v) is 4.03. The third kappa shape index (κ3) is 2.12. The molecule has 0 saturated heterocycles. The van der Waals surface area contributed by atoms with Crippen LogP contribution in [0, 0.1) is 6.92 Å². The second-order valence-electron chi connectivity index (χ2n) is 3.25. The molecule has 1 aromatic carbocycles. The van der Waals surface area contributed by atoms with Crippen molar-refractivity contribution in [2.75, 3.05) is 0 Å². The second kappa shape index (κ2) is 4.25. The summed E-state index contributed by atoms with van der Waals surface area (Å²) >= 11 is 1.73. The van der Waals surface area contributed by atoms with Gasteiger partial charge in [-0.1, -0.05) is 36.4 Å². The van der Waals surface area contributed by atoms with Gasteiger partial charge in [-0.3, -0.25) is 0 Å². The van der Waals surface area contributed by atoms with E-state index in [0.717, 1.165) is 0 Å². The van der Waals surface area contributed by atoms with Crippen molar-refractivity contribution in [3.05, 3.63) is 57.8 Å². The minimum Gasteiger partial charge on any atom is -0.152 e. The molecule has 0 amide bonds. The molecule has 0 N–H and O–H groups in total. The molecule has 0 fully saturated rings. The monoisotopic (exact) mass is 200 g/mol. The lowest BCUT2D eigenvalue weighted by Gasteiger charge is -1.97. The smallest absolute Gasteiger partial charge is 0.00208 e. The van der Waals surface area contributed by atoms with Crippen molar-refractivity contribution in [1.82, 2.24) is 0 Å². The van der Waals surface area contributed by atoms with Crippen LogP contribution in [-0.2, 0) is 0 Å². The SMILES string of the molecule is Cc1ccccc1/C=C/c1ccsc1. The molecule has 70 valence electrons. The summed E-state index contributed by atoms with van der Waals surface area (Å²) in [5.74, 6) is 0. The molecule has 0 unspecified atom stereocenters. The van der Waals surface area contributed by atoms with Gasteiger partial charge in [-0.05, 0) is 40.4 Å². The first-order valence-electron chi connectivity index (χ1n) is 4.62. The van der Waals surface area contributed by atoms with Crippen molar-refractivity contribution in [1.29, 1.82) is 0 Å². The third-order valence-electron chi connectivity index (χ3n) is 2.19. The van der Waals surface area contributed by atoms with Gasteiger partial charge in [0.25, 0.3) is 0 Å². The topological polar surface area (TPSA) is 0 Å². The Labute approximate surface area is 88.5 Å². The molecular formula is C13H12S. The number of aryl methyl sites for hydroxylation is 1. The third-order valence-corrected chi connectivity index (χ3v) is 2.89. The Balaban J connectivity index is 2.23. The maximum absolute atomic E-state index is 2.16. The van der Waals surface area contributed by atoms with Gasteiger partial charge in [0.2, 0.25) is 0 Å². The van der Waals surface area contributed by atoms with Gasteiger partial charge < -0.3 is 0 Å². The molecule has 0 bridgehead atoms. The number of benzene rings is 1. The predicted octanol–water partition coefficient (Wildman–Crippen LogP) is 4.23. The number of rotatable bonds is 2. The summed E-state index contributed by atoms with van der Waals surface area (Å²) < 4.78 is 0. The highest BCUT2D eigenvalue weighted by atomic mass is 32.1. The van der Waals surface area contributed by atoms with E-state index in [2.05, 4.69) is 60.2 Å². The zero-order chi connectivity index (χ0) is 9.80. The Kier molecular flexibility index (Phi) is 2.80. The standard InChI is InChI=1S/C13H12S/c1-11-4-2-3-5-13(11)7-6-12-8-9-14-10-12/h2-10H,1H3/b7-6+. The Hall–Kier alpha value is -1.34. The van der Waals surface area contributed by atoms with Crippen LogP contribution in [0.25, 0.3) is 12.2 Å². The summed E-state index contributed by atoms with van der Waals surface area (Å²) in [6, 6.07) is 10.5. The Morgan fingerprint density at radius 1 is 1.07 bits per heavy atom. The lowest BCUT2D eigenvalue weighted by atomic mass is 10.1. The van der Waals surface area contributed by atoms with E-state index in [1.807, 2.05) is 0 Å². The van der Waals surface area contributed by atoms with Crippen molar-refractivity contribution < 1.29 is 0 Å². The van der Waals surface area contributed by atoms with Gasteiger partial charge in [-0.15, -0.1) is 0 Å². The van der Waals surface area contributed by atoms with Crippen LogP contribution in [0.3, 0.4) is 0 Å². The first-order valence-corrected chi connectivity index (χ1v) is 5.56. The highest BCUT2D eigenvalue weighted by molar-refractivity contribution is 7.08. The minimum atomic E-state index is 1.28. The lowest BCUT2D eigenvalue weighted by Crippen LogP contribution is -1.77. The van der Waals surface area contributed by atoms with Crippen LogP contribution in [0.15, 0.2) is 41.1 Å². The predicted molar refractivity (Wildman–Crippen MR) is 64.4 cm³/mol. The molecule has 14 heavy (non-hydrogen) atoms. The zero-order valence-electron chi connectivity index (χ0n) is 8.10. The summed E-state index contributed by atoms with van der Waals surface area (Å²) in [5.41, 5.74) is 3.89. The van der Waals surface area contributed by atoms with E-state index in [1.165, 1.54) is 16.7 Å². The molecule has 0 spiro atoms. The molecule has 1 heteroatoms. The summed E-state index contributed by atoms with van der Waals surface area (Å²) in [7, 11) is 0. The van der Waals surface area contributed by atoms with E-state index in [1.54, 1.807) is 11.3 Å². The molecule has 2 rings (SSSR count). The zero-order valence-corrected chi connectivity index (χ0v) is 8.92. The lowest BCUT2D eigenvalue weighted by molar-refractivity contribution is 1.45.